The van der Waals surface area contributed by atoms with Gasteiger partial charge in [0.25, 0.3) is 0 Å². The van der Waals surface area contributed by atoms with Crippen LogP contribution in [0.5, 0.6) is 0 Å². The predicted octanol–water partition coefficient (Wildman–Crippen LogP) is 5.51. The highest BCUT2D eigenvalue weighted by atomic mass is 35.5. The van der Waals surface area contributed by atoms with Crippen molar-refractivity contribution in [1.29, 1.82) is 0 Å². The van der Waals surface area contributed by atoms with Crippen LogP contribution in [-0.4, -0.2) is 28.4 Å². The van der Waals surface area contributed by atoms with Crippen molar-refractivity contribution >= 4 is 33.1 Å². The fourth-order valence-electron chi connectivity index (χ4n) is 3.55. The lowest BCUT2D eigenvalue weighted by molar-refractivity contribution is 0.565. The van der Waals surface area contributed by atoms with Crippen molar-refractivity contribution in [2.75, 3.05) is 5.32 Å². The number of sulfone groups is 1. The second-order valence-corrected chi connectivity index (χ2v) is 10.2. The summed E-state index contributed by atoms with van der Waals surface area (Å²) in [4.78, 5) is 15.9. The number of anilines is 2. The van der Waals surface area contributed by atoms with Gasteiger partial charge in [-0.25, -0.2) is 37.1 Å². The Labute approximate surface area is 206 Å². The van der Waals surface area contributed by atoms with Gasteiger partial charge in [-0.3, -0.25) is 0 Å². The van der Waals surface area contributed by atoms with Crippen LogP contribution in [0.15, 0.2) is 53.8 Å². The summed E-state index contributed by atoms with van der Waals surface area (Å²) in [5.74, 6) is -0.758. The maximum absolute atomic E-state index is 14.8. The molecule has 0 atom stereocenters. The Kier molecular flexibility index (Phi) is 6.77. The lowest BCUT2D eigenvalue weighted by atomic mass is 10.0. The second-order valence-electron chi connectivity index (χ2n) is 7.92. The topological polar surface area (TPSA) is 97.7 Å². The molecular weight excluding hydrogens is 496 g/mol. The molecule has 1 N–H and O–H groups in total. The van der Waals surface area contributed by atoms with Crippen LogP contribution in [0.4, 0.5) is 20.4 Å². The SMILES string of the molecule is Cc1ccc(S(=O)(=O)Cc2c(Cl)ncc(-c3cc(Nc4ccnc(C)n4)ncc3F)c2C)c(F)c1. The summed E-state index contributed by atoms with van der Waals surface area (Å²) >= 11 is 6.24. The molecule has 3 heterocycles. The standard InChI is InChI=1S/C24H20ClF2N5O2S/c1-13-4-5-21(19(26)8-13)35(33,34)12-18-14(2)17(10-30-24(18)25)16-9-23(29-11-20(16)27)32-22-6-7-28-15(3)31-22/h4-11H,12H2,1-3H3,(H,28,29,31,32). The van der Waals surface area contributed by atoms with E-state index in [1.807, 2.05) is 0 Å². The number of rotatable bonds is 6. The third-order valence-electron chi connectivity index (χ3n) is 5.35. The van der Waals surface area contributed by atoms with Gasteiger partial charge in [-0.1, -0.05) is 17.7 Å². The molecule has 0 bridgehead atoms. The maximum atomic E-state index is 14.8. The monoisotopic (exact) mass is 515 g/mol. The van der Waals surface area contributed by atoms with E-state index in [-0.39, 0.29) is 16.3 Å². The van der Waals surface area contributed by atoms with Crippen LogP contribution in [0.1, 0.15) is 22.5 Å². The zero-order chi connectivity index (χ0) is 25.3. The van der Waals surface area contributed by atoms with E-state index < -0.39 is 32.1 Å². The van der Waals surface area contributed by atoms with Crippen molar-refractivity contribution < 1.29 is 17.2 Å². The molecule has 0 saturated carbocycles. The maximum Gasteiger partial charge on any atom is 0.185 e. The Balaban J connectivity index is 1.74. The number of nitrogens with one attached hydrogen (secondary N) is 1. The molecule has 1 aromatic carbocycles. The number of pyridine rings is 2. The average molecular weight is 516 g/mol. The van der Waals surface area contributed by atoms with Gasteiger partial charge in [-0.2, -0.15) is 0 Å². The van der Waals surface area contributed by atoms with Crippen molar-refractivity contribution in [2.24, 2.45) is 0 Å². The zero-order valence-electron chi connectivity index (χ0n) is 19.0. The Hall–Kier alpha value is -3.50. The first kappa shape index (κ1) is 24.6. The Morgan fingerprint density at radius 3 is 2.40 bits per heavy atom. The third-order valence-corrected chi connectivity index (χ3v) is 7.34. The lowest BCUT2D eigenvalue weighted by Crippen LogP contribution is -2.10. The molecule has 0 aliphatic carbocycles. The second kappa shape index (κ2) is 9.63. The van der Waals surface area contributed by atoms with Crippen LogP contribution in [-0.2, 0) is 15.6 Å². The minimum absolute atomic E-state index is 0.0633. The number of aryl methyl sites for hydroxylation is 2. The molecular formula is C24H20ClF2N5O2S. The largest absolute Gasteiger partial charge is 0.325 e. The first-order valence-electron chi connectivity index (χ1n) is 10.4. The minimum Gasteiger partial charge on any atom is -0.325 e. The molecule has 0 spiro atoms. The van der Waals surface area contributed by atoms with Crippen molar-refractivity contribution in [3.8, 4) is 11.1 Å². The summed E-state index contributed by atoms with van der Waals surface area (Å²) in [7, 11) is -4.10. The summed E-state index contributed by atoms with van der Waals surface area (Å²) in [5, 5.41) is 2.92. The molecule has 7 nitrogen and oxygen atoms in total. The number of benzene rings is 1. The summed E-state index contributed by atoms with van der Waals surface area (Å²) in [6, 6.07) is 6.98. The van der Waals surface area contributed by atoms with Crippen LogP contribution in [0, 0.1) is 32.4 Å². The minimum atomic E-state index is -4.10. The van der Waals surface area contributed by atoms with Gasteiger partial charge in [-0.15, -0.1) is 0 Å². The smallest absolute Gasteiger partial charge is 0.185 e. The molecule has 11 heteroatoms. The summed E-state index contributed by atoms with van der Waals surface area (Å²) in [5.41, 5.74) is 1.60. The number of aromatic nitrogens is 4. The number of hydrogen-bond acceptors (Lipinski definition) is 7. The van der Waals surface area contributed by atoms with Gasteiger partial charge in [-0.05, 0) is 56.2 Å². The molecule has 180 valence electrons. The number of hydrogen-bond donors (Lipinski definition) is 1. The average Bonchev–Trinajstić information content (AvgIpc) is 2.78. The molecule has 0 amide bonds. The van der Waals surface area contributed by atoms with Crippen molar-refractivity contribution in [2.45, 2.75) is 31.4 Å². The zero-order valence-corrected chi connectivity index (χ0v) is 20.5. The highest BCUT2D eigenvalue weighted by molar-refractivity contribution is 7.90. The van der Waals surface area contributed by atoms with E-state index in [4.69, 9.17) is 11.6 Å². The highest BCUT2D eigenvalue weighted by Crippen LogP contribution is 2.34. The van der Waals surface area contributed by atoms with E-state index in [0.717, 1.165) is 12.3 Å². The first-order valence-corrected chi connectivity index (χ1v) is 12.4. The predicted molar refractivity (Wildman–Crippen MR) is 129 cm³/mol. The van der Waals surface area contributed by atoms with E-state index in [1.165, 1.54) is 24.4 Å². The first-order chi connectivity index (χ1) is 16.5. The summed E-state index contributed by atoms with van der Waals surface area (Å²) in [6.45, 7) is 5.00. The summed E-state index contributed by atoms with van der Waals surface area (Å²) in [6.07, 6.45) is 3.97. The molecule has 4 aromatic rings. The van der Waals surface area contributed by atoms with Crippen LogP contribution >= 0.6 is 11.6 Å². The summed E-state index contributed by atoms with van der Waals surface area (Å²) < 4.78 is 55.2. The molecule has 3 aromatic heterocycles. The van der Waals surface area contributed by atoms with Gasteiger partial charge in [0.15, 0.2) is 9.84 Å². The molecule has 4 rings (SSSR count). The Morgan fingerprint density at radius 1 is 0.914 bits per heavy atom. The van der Waals surface area contributed by atoms with Gasteiger partial charge in [0.05, 0.1) is 11.9 Å². The lowest BCUT2D eigenvalue weighted by Gasteiger charge is -2.15. The molecule has 0 saturated heterocycles. The van der Waals surface area contributed by atoms with Crippen molar-refractivity contribution in [3.05, 3.63) is 88.2 Å². The molecule has 0 aliphatic rings. The van der Waals surface area contributed by atoms with E-state index in [0.29, 0.717) is 34.2 Å². The molecule has 35 heavy (non-hydrogen) atoms. The number of halogens is 3. The Bertz CT molecular complexity index is 1550. The van der Waals surface area contributed by atoms with Crippen LogP contribution in [0.3, 0.4) is 0 Å². The fraction of sp³-hybridized carbons (Fsp3) is 0.167. The van der Waals surface area contributed by atoms with E-state index in [1.54, 1.807) is 33.0 Å². The van der Waals surface area contributed by atoms with Crippen molar-refractivity contribution in [1.82, 2.24) is 19.9 Å². The molecule has 0 aliphatic heterocycles. The third kappa shape index (κ3) is 5.28. The van der Waals surface area contributed by atoms with Crippen LogP contribution in [0.25, 0.3) is 11.1 Å². The molecule has 0 radical (unpaired) electrons. The van der Waals surface area contributed by atoms with Gasteiger partial charge in [0.2, 0.25) is 0 Å². The molecule has 0 unspecified atom stereocenters. The number of nitrogens with zero attached hydrogens (tertiary/aromatic N) is 4. The quantitative estimate of drug-likeness (QED) is 0.338. The van der Waals surface area contributed by atoms with E-state index in [2.05, 4.69) is 25.3 Å². The van der Waals surface area contributed by atoms with Crippen LogP contribution in [0.2, 0.25) is 5.15 Å². The fourth-order valence-corrected chi connectivity index (χ4v) is 5.41. The van der Waals surface area contributed by atoms with Gasteiger partial charge in [0, 0.05) is 29.1 Å². The van der Waals surface area contributed by atoms with Crippen molar-refractivity contribution in [3.63, 3.8) is 0 Å². The van der Waals surface area contributed by atoms with Crippen LogP contribution < -0.4 is 5.32 Å². The van der Waals surface area contributed by atoms with Gasteiger partial charge in [0.1, 0.15) is 39.1 Å². The van der Waals surface area contributed by atoms with Gasteiger partial charge < -0.3 is 5.32 Å². The van der Waals surface area contributed by atoms with Gasteiger partial charge >= 0.3 is 0 Å². The van der Waals surface area contributed by atoms with E-state index >= 15 is 0 Å². The Morgan fingerprint density at radius 2 is 1.69 bits per heavy atom. The van der Waals surface area contributed by atoms with E-state index in [9.17, 15) is 17.2 Å². The normalized spacial score (nSPS) is 11.5. The molecule has 0 fully saturated rings. The highest BCUT2D eigenvalue weighted by Gasteiger charge is 2.24.